The van der Waals surface area contributed by atoms with Gasteiger partial charge in [0, 0.05) is 18.5 Å². The standard InChI is InChI=1S/C13H15N3O2/c1-8-3-4-9(2)11(7-8)14-13(18)10-5-6-12(17)16-15-10/h3-4,7H,5-6H2,1-2H3,(H,14,18)(H,16,17). The molecule has 0 aliphatic carbocycles. The minimum absolute atomic E-state index is 0.154. The second kappa shape index (κ2) is 5.00. The summed E-state index contributed by atoms with van der Waals surface area (Å²) in [5.74, 6) is -0.415. The third-order valence-electron chi connectivity index (χ3n) is 2.81. The highest BCUT2D eigenvalue weighted by molar-refractivity contribution is 6.43. The summed E-state index contributed by atoms with van der Waals surface area (Å²) in [5.41, 5.74) is 5.52. The smallest absolute Gasteiger partial charge is 0.271 e. The van der Waals surface area contributed by atoms with Crippen LogP contribution < -0.4 is 10.7 Å². The first-order chi connectivity index (χ1) is 8.56. The van der Waals surface area contributed by atoms with Gasteiger partial charge in [0.05, 0.1) is 0 Å². The lowest BCUT2D eigenvalue weighted by Crippen LogP contribution is -2.32. The molecule has 0 radical (unpaired) electrons. The van der Waals surface area contributed by atoms with Gasteiger partial charge in [-0.3, -0.25) is 9.59 Å². The first-order valence-electron chi connectivity index (χ1n) is 5.80. The van der Waals surface area contributed by atoms with Crippen LogP contribution in [0, 0.1) is 13.8 Å². The minimum atomic E-state index is -0.260. The van der Waals surface area contributed by atoms with Gasteiger partial charge in [-0.2, -0.15) is 5.10 Å². The number of hydrazone groups is 1. The molecule has 0 saturated carbocycles. The number of benzene rings is 1. The first kappa shape index (κ1) is 12.3. The highest BCUT2D eigenvalue weighted by Gasteiger charge is 2.18. The van der Waals surface area contributed by atoms with Gasteiger partial charge in [-0.25, -0.2) is 5.43 Å². The van der Waals surface area contributed by atoms with Crippen LogP contribution in [0.15, 0.2) is 23.3 Å². The SMILES string of the molecule is Cc1ccc(C)c(NC(=O)C2=NNC(=O)CC2)c1. The van der Waals surface area contributed by atoms with Crippen LogP contribution in [0.5, 0.6) is 0 Å². The maximum absolute atomic E-state index is 11.9. The van der Waals surface area contributed by atoms with Gasteiger partial charge < -0.3 is 5.32 Å². The molecule has 0 saturated heterocycles. The average molecular weight is 245 g/mol. The van der Waals surface area contributed by atoms with Gasteiger partial charge in [0.25, 0.3) is 5.91 Å². The summed E-state index contributed by atoms with van der Waals surface area (Å²) >= 11 is 0. The molecule has 0 bridgehead atoms. The average Bonchev–Trinajstić information content (AvgIpc) is 2.34. The molecule has 18 heavy (non-hydrogen) atoms. The van der Waals surface area contributed by atoms with E-state index < -0.39 is 0 Å². The number of nitrogens with one attached hydrogen (secondary N) is 2. The zero-order valence-corrected chi connectivity index (χ0v) is 10.4. The third-order valence-corrected chi connectivity index (χ3v) is 2.81. The van der Waals surface area contributed by atoms with E-state index in [1.807, 2.05) is 32.0 Å². The Labute approximate surface area is 105 Å². The van der Waals surface area contributed by atoms with E-state index in [1.165, 1.54) is 0 Å². The molecule has 5 nitrogen and oxygen atoms in total. The second-order valence-electron chi connectivity index (χ2n) is 4.37. The molecule has 0 aromatic heterocycles. The summed E-state index contributed by atoms with van der Waals surface area (Å²) in [6.45, 7) is 3.90. The van der Waals surface area contributed by atoms with Gasteiger partial charge in [0.1, 0.15) is 5.71 Å². The van der Waals surface area contributed by atoms with E-state index in [9.17, 15) is 9.59 Å². The topological polar surface area (TPSA) is 70.6 Å². The van der Waals surface area contributed by atoms with E-state index in [2.05, 4.69) is 15.8 Å². The Hall–Kier alpha value is -2.17. The van der Waals surface area contributed by atoms with Gasteiger partial charge in [0.15, 0.2) is 0 Å². The van der Waals surface area contributed by atoms with Gasteiger partial charge in [-0.05, 0) is 31.0 Å². The zero-order valence-electron chi connectivity index (χ0n) is 10.4. The molecule has 1 aliphatic rings. The fourth-order valence-corrected chi connectivity index (χ4v) is 1.70. The molecule has 2 N–H and O–H groups in total. The van der Waals surface area contributed by atoms with Crippen molar-refractivity contribution in [2.24, 2.45) is 5.10 Å². The molecule has 2 amide bonds. The van der Waals surface area contributed by atoms with E-state index in [1.54, 1.807) is 0 Å². The Morgan fingerprint density at radius 1 is 1.33 bits per heavy atom. The van der Waals surface area contributed by atoms with E-state index in [0.29, 0.717) is 18.6 Å². The number of amides is 2. The normalized spacial score (nSPS) is 14.8. The van der Waals surface area contributed by atoms with Crippen LogP contribution in [0.25, 0.3) is 0 Å². The lowest BCUT2D eigenvalue weighted by atomic mass is 10.1. The van der Waals surface area contributed by atoms with Crippen molar-refractivity contribution < 1.29 is 9.59 Å². The van der Waals surface area contributed by atoms with Crippen LogP contribution in [0.3, 0.4) is 0 Å². The summed E-state index contributed by atoms with van der Waals surface area (Å²) in [5, 5.41) is 6.58. The number of hydrogen-bond donors (Lipinski definition) is 2. The summed E-state index contributed by atoms with van der Waals surface area (Å²) in [6.07, 6.45) is 0.682. The molecule has 0 spiro atoms. The van der Waals surface area contributed by atoms with Gasteiger partial charge in [-0.15, -0.1) is 0 Å². The molecule has 94 valence electrons. The van der Waals surface area contributed by atoms with Crippen molar-refractivity contribution in [3.63, 3.8) is 0 Å². The molecule has 0 fully saturated rings. The van der Waals surface area contributed by atoms with Crippen molar-refractivity contribution >= 4 is 23.2 Å². The molecule has 5 heteroatoms. The summed E-state index contributed by atoms with van der Waals surface area (Å²) in [6, 6.07) is 5.86. The van der Waals surface area contributed by atoms with Crippen molar-refractivity contribution in [1.82, 2.24) is 5.43 Å². The van der Waals surface area contributed by atoms with Gasteiger partial charge >= 0.3 is 0 Å². The maximum atomic E-state index is 11.9. The van der Waals surface area contributed by atoms with Crippen molar-refractivity contribution in [2.45, 2.75) is 26.7 Å². The summed E-state index contributed by atoms with van der Waals surface area (Å²) in [7, 11) is 0. The quantitative estimate of drug-likeness (QED) is 0.829. The number of aryl methyl sites for hydroxylation is 2. The monoisotopic (exact) mass is 245 g/mol. The molecule has 0 unspecified atom stereocenters. The second-order valence-corrected chi connectivity index (χ2v) is 4.37. The van der Waals surface area contributed by atoms with E-state index in [0.717, 1.165) is 16.8 Å². The van der Waals surface area contributed by atoms with Crippen LogP contribution in [-0.4, -0.2) is 17.5 Å². The molecular formula is C13H15N3O2. The number of nitrogens with zero attached hydrogens (tertiary/aromatic N) is 1. The predicted molar refractivity (Wildman–Crippen MR) is 69.4 cm³/mol. The molecule has 1 aliphatic heterocycles. The van der Waals surface area contributed by atoms with Crippen LogP contribution in [0.2, 0.25) is 0 Å². The van der Waals surface area contributed by atoms with Crippen LogP contribution >= 0.6 is 0 Å². The highest BCUT2D eigenvalue weighted by Crippen LogP contribution is 2.16. The van der Waals surface area contributed by atoms with Crippen molar-refractivity contribution in [3.05, 3.63) is 29.3 Å². The number of carbonyl (C=O) groups excluding carboxylic acids is 2. The van der Waals surface area contributed by atoms with Gasteiger partial charge in [-0.1, -0.05) is 12.1 Å². The first-order valence-corrected chi connectivity index (χ1v) is 5.80. The molecule has 1 aromatic carbocycles. The summed E-state index contributed by atoms with van der Waals surface area (Å²) in [4.78, 5) is 22.9. The highest BCUT2D eigenvalue weighted by atomic mass is 16.2. The predicted octanol–water partition coefficient (Wildman–Crippen LogP) is 1.51. The Morgan fingerprint density at radius 3 is 2.78 bits per heavy atom. The van der Waals surface area contributed by atoms with Crippen molar-refractivity contribution in [1.29, 1.82) is 0 Å². The number of anilines is 1. The molecule has 0 atom stereocenters. The zero-order chi connectivity index (χ0) is 13.1. The fourth-order valence-electron chi connectivity index (χ4n) is 1.70. The molecule has 1 aromatic rings. The largest absolute Gasteiger partial charge is 0.321 e. The Balaban J connectivity index is 2.12. The molecule has 1 heterocycles. The lowest BCUT2D eigenvalue weighted by Gasteiger charge is -2.13. The van der Waals surface area contributed by atoms with Crippen molar-refractivity contribution in [3.8, 4) is 0 Å². The molecule has 2 rings (SSSR count). The lowest BCUT2D eigenvalue weighted by molar-refractivity contribution is -0.121. The fraction of sp³-hybridized carbons (Fsp3) is 0.308. The van der Waals surface area contributed by atoms with Gasteiger partial charge in [0.2, 0.25) is 5.91 Å². The van der Waals surface area contributed by atoms with Crippen LogP contribution in [0.1, 0.15) is 24.0 Å². The van der Waals surface area contributed by atoms with Crippen LogP contribution in [0.4, 0.5) is 5.69 Å². The van der Waals surface area contributed by atoms with E-state index >= 15 is 0 Å². The Morgan fingerprint density at radius 2 is 2.11 bits per heavy atom. The van der Waals surface area contributed by atoms with E-state index in [4.69, 9.17) is 0 Å². The molecular weight excluding hydrogens is 230 g/mol. The number of hydrogen-bond acceptors (Lipinski definition) is 3. The minimum Gasteiger partial charge on any atom is -0.321 e. The van der Waals surface area contributed by atoms with Crippen molar-refractivity contribution in [2.75, 3.05) is 5.32 Å². The Kier molecular flexibility index (Phi) is 3.41. The summed E-state index contributed by atoms with van der Waals surface area (Å²) < 4.78 is 0. The Bertz CT molecular complexity index is 535. The van der Waals surface area contributed by atoms with E-state index in [-0.39, 0.29) is 11.8 Å². The maximum Gasteiger partial charge on any atom is 0.271 e. The van der Waals surface area contributed by atoms with Crippen LogP contribution in [-0.2, 0) is 9.59 Å². The third kappa shape index (κ3) is 2.74. The number of rotatable bonds is 2. The number of carbonyl (C=O) groups is 2.